The smallest absolute Gasteiger partial charge is 0.143 e. The third-order valence-electron chi connectivity index (χ3n) is 10.7. The number of para-hydroxylation sites is 1. The quantitative estimate of drug-likeness (QED) is 0.177. The highest BCUT2D eigenvalue weighted by Gasteiger charge is 2.25. The molecule has 0 aliphatic heterocycles. The van der Waals surface area contributed by atoms with E-state index in [9.17, 15) is 0 Å². The Balaban J connectivity index is 1.25. The van der Waals surface area contributed by atoms with Gasteiger partial charge in [0, 0.05) is 53.5 Å². The molecule has 0 saturated carbocycles. The summed E-state index contributed by atoms with van der Waals surface area (Å²) in [6, 6.07) is 54.3. The van der Waals surface area contributed by atoms with Crippen molar-refractivity contribution in [2.45, 2.75) is 6.92 Å². The fraction of sp³-hybridized carbons (Fsp3) is 0.0204. The van der Waals surface area contributed by atoms with E-state index < -0.39 is 0 Å². The first kappa shape index (κ1) is 31.2. The molecule has 0 fully saturated rings. The van der Waals surface area contributed by atoms with Crippen molar-refractivity contribution >= 4 is 91.8 Å². The van der Waals surface area contributed by atoms with Gasteiger partial charge in [-0.15, -0.1) is 22.7 Å². The first-order chi connectivity index (χ1) is 26.7. The minimum Gasteiger partial charge on any atom is -0.308 e. The van der Waals surface area contributed by atoms with E-state index in [1.807, 2.05) is 17.4 Å². The first-order valence-electron chi connectivity index (χ1n) is 18.1. The van der Waals surface area contributed by atoms with Gasteiger partial charge in [-0.3, -0.25) is 0 Å². The van der Waals surface area contributed by atoms with Gasteiger partial charge in [0.15, 0.2) is 0 Å². The van der Waals surface area contributed by atoms with Crippen LogP contribution in [0.2, 0.25) is 0 Å². The molecule has 0 atom stereocenters. The molecule has 0 aliphatic carbocycles. The molecule has 0 bridgehead atoms. The molecule has 5 heteroatoms. The predicted molar refractivity (Wildman–Crippen MR) is 233 cm³/mol. The van der Waals surface area contributed by atoms with Crippen LogP contribution in [-0.4, -0.2) is 14.5 Å². The van der Waals surface area contributed by atoms with Gasteiger partial charge in [-0.25, -0.2) is 9.97 Å². The number of hydrogen-bond acceptors (Lipinski definition) is 4. The van der Waals surface area contributed by atoms with Gasteiger partial charge in [0.2, 0.25) is 0 Å². The molecule has 0 amide bonds. The maximum atomic E-state index is 5.45. The molecule has 4 heterocycles. The van der Waals surface area contributed by atoms with Gasteiger partial charge in [-0.05, 0) is 53.1 Å². The Hall–Kier alpha value is -6.40. The Kier molecular flexibility index (Phi) is 6.96. The maximum Gasteiger partial charge on any atom is 0.143 e. The van der Waals surface area contributed by atoms with Crippen LogP contribution in [0.1, 0.15) is 10.4 Å². The van der Waals surface area contributed by atoms with E-state index in [-0.39, 0.29) is 0 Å². The lowest BCUT2D eigenvalue weighted by Gasteiger charge is -2.14. The van der Waals surface area contributed by atoms with E-state index in [4.69, 9.17) is 9.97 Å². The minimum absolute atomic E-state index is 0.880. The van der Waals surface area contributed by atoms with Crippen LogP contribution in [0.3, 0.4) is 0 Å². The van der Waals surface area contributed by atoms with Gasteiger partial charge >= 0.3 is 0 Å². The SMILES string of the molecule is C=Cc1ccccc1-c1c(C)sc2c1c1ccccc1c1c3ccccc3n(-c3cccc(-c4nc5c(nc4-c4ccccc4)sc4ccccc45)c3)c21. The Morgan fingerprint density at radius 3 is 2.09 bits per heavy atom. The molecule has 4 aromatic heterocycles. The lowest BCUT2D eigenvalue weighted by Crippen LogP contribution is -1.97. The molecule has 0 unspecified atom stereocenters. The molecule has 11 aromatic rings. The van der Waals surface area contributed by atoms with Crippen LogP contribution in [0.15, 0.2) is 158 Å². The minimum atomic E-state index is 0.880. The normalized spacial score (nSPS) is 11.9. The predicted octanol–water partition coefficient (Wildman–Crippen LogP) is 14.3. The summed E-state index contributed by atoms with van der Waals surface area (Å²) in [6.07, 6.45) is 1.98. The fourth-order valence-electron chi connectivity index (χ4n) is 8.42. The summed E-state index contributed by atoms with van der Waals surface area (Å²) in [5, 5.41) is 7.48. The number of thiophene rings is 2. The van der Waals surface area contributed by atoms with E-state index in [2.05, 4.69) is 170 Å². The zero-order chi connectivity index (χ0) is 35.9. The highest BCUT2D eigenvalue weighted by molar-refractivity contribution is 7.25. The molecule has 0 aliphatic rings. The molecular weight excluding hydrogens is 695 g/mol. The lowest BCUT2D eigenvalue weighted by atomic mass is 9.93. The van der Waals surface area contributed by atoms with Crippen molar-refractivity contribution < 1.29 is 0 Å². The second kappa shape index (κ2) is 12.1. The van der Waals surface area contributed by atoms with Crippen molar-refractivity contribution in [1.29, 1.82) is 0 Å². The first-order valence-corrected chi connectivity index (χ1v) is 19.8. The molecule has 0 spiro atoms. The fourth-order valence-corrected chi connectivity index (χ4v) is 10.7. The number of aromatic nitrogens is 3. The molecule has 3 nitrogen and oxygen atoms in total. The molecule has 7 aromatic carbocycles. The molecule has 0 N–H and O–H groups in total. The summed E-state index contributed by atoms with van der Waals surface area (Å²) >= 11 is 3.59. The summed E-state index contributed by atoms with van der Waals surface area (Å²) in [5.74, 6) is 0. The zero-order valence-electron chi connectivity index (χ0n) is 29.4. The number of aryl methyl sites for hydroxylation is 1. The van der Waals surface area contributed by atoms with Crippen LogP contribution < -0.4 is 0 Å². The summed E-state index contributed by atoms with van der Waals surface area (Å²) < 4.78 is 4.96. The molecule has 0 saturated heterocycles. The largest absolute Gasteiger partial charge is 0.308 e. The average molecular weight is 726 g/mol. The second-order valence-corrected chi connectivity index (χ2v) is 16.0. The summed E-state index contributed by atoms with van der Waals surface area (Å²) in [4.78, 5) is 13.0. The summed E-state index contributed by atoms with van der Waals surface area (Å²) in [5.41, 5.74) is 11.9. The lowest BCUT2D eigenvalue weighted by molar-refractivity contribution is 1.19. The molecule has 0 radical (unpaired) electrons. The van der Waals surface area contributed by atoms with Crippen molar-refractivity contribution in [2.75, 3.05) is 0 Å². The van der Waals surface area contributed by atoms with E-state index >= 15 is 0 Å². The van der Waals surface area contributed by atoms with E-state index in [0.717, 1.165) is 49.5 Å². The summed E-state index contributed by atoms with van der Waals surface area (Å²) in [7, 11) is 0. The summed E-state index contributed by atoms with van der Waals surface area (Å²) in [6.45, 7) is 6.45. The van der Waals surface area contributed by atoms with Gasteiger partial charge in [0.25, 0.3) is 0 Å². The van der Waals surface area contributed by atoms with E-state index in [0.29, 0.717) is 0 Å². The van der Waals surface area contributed by atoms with Crippen LogP contribution >= 0.6 is 22.7 Å². The number of hydrogen-bond donors (Lipinski definition) is 0. The van der Waals surface area contributed by atoms with Crippen molar-refractivity contribution in [3.8, 4) is 39.3 Å². The van der Waals surface area contributed by atoms with Crippen molar-refractivity contribution in [3.05, 3.63) is 169 Å². The van der Waals surface area contributed by atoms with Crippen molar-refractivity contribution in [1.82, 2.24) is 14.5 Å². The molecule has 254 valence electrons. The number of rotatable bonds is 5. The third-order valence-corrected chi connectivity index (χ3v) is 12.9. The monoisotopic (exact) mass is 725 g/mol. The van der Waals surface area contributed by atoms with Crippen molar-refractivity contribution in [2.24, 2.45) is 0 Å². The Morgan fingerprint density at radius 2 is 1.26 bits per heavy atom. The Bertz CT molecular complexity index is 3310. The van der Waals surface area contributed by atoms with Gasteiger partial charge in [0.05, 0.1) is 27.1 Å². The molecule has 54 heavy (non-hydrogen) atoms. The van der Waals surface area contributed by atoms with Gasteiger partial charge in [0.1, 0.15) is 10.3 Å². The van der Waals surface area contributed by atoms with Gasteiger partial charge in [-0.1, -0.05) is 140 Å². The number of nitrogens with zero attached hydrogens (tertiary/aromatic N) is 3. The van der Waals surface area contributed by atoms with Gasteiger partial charge in [-0.2, -0.15) is 0 Å². The van der Waals surface area contributed by atoms with E-state index in [1.54, 1.807) is 11.3 Å². The van der Waals surface area contributed by atoms with Gasteiger partial charge < -0.3 is 4.57 Å². The maximum absolute atomic E-state index is 5.45. The zero-order valence-corrected chi connectivity index (χ0v) is 31.0. The standard InChI is InChI=1S/C49H31N3S2/c1-3-30-16-7-8-21-34(30)41-29(2)53-48-43(41)36-23-10-9-22-35(36)42-37-24-11-13-26-39(37)52(47(42)48)33-20-15-19-32(28-33)45-44(31-17-5-4-6-18-31)51-49-46(50-45)38-25-12-14-27-40(38)54-49/h3-28H,1H2,2H3. The van der Waals surface area contributed by atoms with Crippen LogP contribution in [0, 0.1) is 6.92 Å². The topological polar surface area (TPSA) is 30.7 Å². The van der Waals surface area contributed by atoms with Crippen LogP contribution in [0.25, 0.3) is 109 Å². The highest BCUT2D eigenvalue weighted by Crippen LogP contribution is 2.50. The third kappa shape index (κ3) is 4.52. The Morgan fingerprint density at radius 1 is 0.593 bits per heavy atom. The number of benzene rings is 7. The highest BCUT2D eigenvalue weighted by atomic mass is 32.1. The van der Waals surface area contributed by atoms with Crippen LogP contribution in [-0.2, 0) is 0 Å². The molecular formula is C49H31N3S2. The van der Waals surface area contributed by atoms with Crippen LogP contribution in [0.4, 0.5) is 0 Å². The van der Waals surface area contributed by atoms with E-state index in [1.165, 1.54) is 63.4 Å². The van der Waals surface area contributed by atoms with Crippen molar-refractivity contribution in [3.63, 3.8) is 0 Å². The Labute approximate surface area is 319 Å². The second-order valence-electron chi connectivity index (χ2n) is 13.7. The molecule has 11 rings (SSSR count). The van der Waals surface area contributed by atoms with Crippen LogP contribution in [0.5, 0.6) is 0 Å². The average Bonchev–Trinajstić information content (AvgIpc) is 3.89. The number of fused-ring (bicyclic) bond motifs is 11.